The summed E-state index contributed by atoms with van der Waals surface area (Å²) in [6, 6.07) is 3.60. The SMILES string of the molecule is COc1c(Cl)ccc2[nH]c(C)c(C(C)=O)c12. The summed E-state index contributed by atoms with van der Waals surface area (Å²) < 4.78 is 5.26. The van der Waals surface area contributed by atoms with E-state index in [-0.39, 0.29) is 5.78 Å². The first-order chi connectivity index (χ1) is 7.56. The number of ether oxygens (including phenoxy) is 1. The van der Waals surface area contributed by atoms with Crippen LogP contribution in [0.3, 0.4) is 0 Å². The topological polar surface area (TPSA) is 42.1 Å². The monoisotopic (exact) mass is 237 g/mol. The highest BCUT2D eigenvalue weighted by atomic mass is 35.5. The van der Waals surface area contributed by atoms with Gasteiger partial charge in [0, 0.05) is 11.3 Å². The Labute approximate surface area is 98.4 Å². The van der Waals surface area contributed by atoms with E-state index >= 15 is 0 Å². The van der Waals surface area contributed by atoms with Crippen molar-refractivity contribution in [1.82, 2.24) is 4.98 Å². The van der Waals surface area contributed by atoms with Gasteiger partial charge in [0.2, 0.25) is 0 Å². The van der Waals surface area contributed by atoms with E-state index in [0.29, 0.717) is 16.3 Å². The second kappa shape index (κ2) is 3.83. The number of hydrogen-bond donors (Lipinski definition) is 1. The summed E-state index contributed by atoms with van der Waals surface area (Å²) in [5.41, 5.74) is 2.35. The Morgan fingerprint density at radius 1 is 1.44 bits per heavy atom. The highest BCUT2D eigenvalue weighted by Gasteiger charge is 2.18. The van der Waals surface area contributed by atoms with Gasteiger partial charge in [-0.2, -0.15) is 0 Å². The van der Waals surface area contributed by atoms with E-state index in [1.807, 2.05) is 13.0 Å². The Morgan fingerprint density at radius 2 is 2.12 bits per heavy atom. The number of fused-ring (bicyclic) bond motifs is 1. The summed E-state index contributed by atoms with van der Waals surface area (Å²) in [7, 11) is 1.55. The molecule has 4 heteroatoms. The average Bonchev–Trinajstić information content (AvgIpc) is 2.54. The van der Waals surface area contributed by atoms with Crippen LogP contribution in [0.5, 0.6) is 5.75 Å². The van der Waals surface area contributed by atoms with Gasteiger partial charge in [0.15, 0.2) is 5.78 Å². The van der Waals surface area contributed by atoms with E-state index in [0.717, 1.165) is 16.6 Å². The Hall–Kier alpha value is -1.48. The number of aromatic nitrogens is 1. The van der Waals surface area contributed by atoms with Crippen molar-refractivity contribution < 1.29 is 9.53 Å². The molecule has 1 aromatic carbocycles. The molecular formula is C12H12ClNO2. The molecule has 0 aliphatic rings. The molecule has 1 aromatic heterocycles. The van der Waals surface area contributed by atoms with Crippen molar-refractivity contribution in [2.45, 2.75) is 13.8 Å². The second-order valence-electron chi connectivity index (χ2n) is 3.68. The molecule has 2 aromatic rings. The van der Waals surface area contributed by atoms with Crippen molar-refractivity contribution in [2.75, 3.05) is 7.11 Å². The van der Waals surface area contributed by atoms with Crippen molar-refractivity contribution in [1.29, 1.82) is 0 Å². The van der Waals surface area contributed by atoms with Gasteiger partial charge in [-0.25, -0.2) is 0 Å². The van der Waals surface area contributed by atoms with Crippen LogP contribution in [0.1, 0.15) is 23.0 Å². The third-order valence-corrected chi connectivity index (χ3v) is 2.91. The summed E-state index contributed by atoms with van der Waals surface area (Å²) in [6.45, 7) is 3.40. The van der Waals surface area contributed by atoms with Gasteiger partial charge in [-0.3, -0.25) is 4.79 Å². The molecule has 16 heavy (non-hydrogen) atoms. The number of carbonyl (C=O) groups is 1. The molecular weight excluding hydrogens is 226 g/mol. The fraction of sp³-hybridized carbons (Fsp3) is 0.250. The molecule has 0 unspecified atom stereocenters. The predicted molar refractivity (Wildman–Crippen MR) is 64.6 cm³/mol. The Balaban J connectivity index is 2.94. The fourth-order valence-corrected chi connectivity index (χ4v) is 2.24. The van der Waals surface area contributed by atoms with Crippen molar-refractivity contribution >= 4 is 28.3 Å². The molecule has 2 rings (SSSR count). The van der Waals surface area contributed by atoms with E-state index in [1.54, 1.807) is 13.2 Å². The minimum absolute atomic E-state index is 0.00400. The molecule has 0 aliphatic carbocycles. The lowest BCUT2D eigenvalue weighted by atomic mass is 10.1. The number of aryl methyl sites for hydroxylation is 1. The lowest BCUT2D eigenvalue weighted by Gasteiger charge is -2.05. The van der Waals surface area contributed by atoms with Crippen LogP contribution in [-0.4, -0.2) is 17.9 Å². The number of carbonyl (C=O) groups excluding carboxylic acids is 1. The first kappa shape index (κ1) is 11.0. The van der Waals surface area contributed by atoms with Crippen molar-refractivity contribution in [3.8, 4) is 5.75 Å². The zero-order valence-corrected chi connectivity index (χ0v) is 10.1. The van der Waals surface area contributed by atoms with Gasteiger partial charge in [-0.05, 0) is 26.0 Å². The van der Waals surface area contributed by atoms with Crippen LogP contribution in [0, 0.1) is 6.92 Å². The number of ketones is 1. The van der Waals surface area contributed by atoms with Gasteiger partial charge in [0.1, 0.15) is 5.75 Å². The minimum Gasteiger partial charge on any atom is -0.494 e. The molecule has 0 saturated carbocycles. The molecule has 0 aliphatic heterocycles. The predicted octanol–water partition coefficient (Wildman–Crippen LogP) is 3.34. The van der Waals surface area contributed by atoms with Crippen molar-refractivity contribution in [3.63, 3.8) is 0 Å². The summed E-state index contributed by atoms with van der Waals surface area (Å²) in [6.07, 6.45) is 0. The van der Waals surface area contributed by atoms with Crippen LogP contribution < -0.4 is 4.74 Å². The molecule has 0 radical (unpaired) electrons. The highest BCUT2D eigenvalue weighted by molar-refractivity contribution is 6.33. The molecule has 0 spiro atoms. The third kappa shape index (κ3) is 1.48. The fourth-order valence-electron chi connectivity index (χ4n) is 2.00. The normalized spacial score (nSPS) is 10.8. The third-order valence-electron chi connectivity index (χ3n) is 2.61. The summed E-state index contributed by atoms with van der Waals surface area (Å²) in [5.74, 6) is 0.554. The van der Waals surface area contributed by atoms with Gasteiger partial charge < -0.3 is 9.72 Å². The van der Waals surface area contributed by atoms with Crippen LogP contribution in [-0.2, 0) is 0 Å². The standard InChI is InChI=1S/C12H12ClNO2/c1-6-10(7(2)15)11-9(14-6)5-4-8(13)12(11)16-3/h4-5,14H,1-3H3. The van der Waals surface area contributed by atoms with Crippen LogP contribution in [0.15, 0.2) is 12.1 Å². The number of hydrogen-bond acceptors (Lipinski definition) is 2. The van der Waals surface area contributed by atoms with E-state index in [9.17, 15) is 4.79 Å². The number of halogens is 1. The molecule has 0 fully saturated rings. The zero-order chi connectivity index (χ0) is 11.9. The number of nitrogens with one attached hydrogen (secondary N) is 1. The Kier molecular flexibility index (Phi) is 2.64. The van der Waals surface area contributed by atoms with E-state index in [4.69, 9.17) is 16.3 Å². The van der Waals surface area contributed by atoms with Crippen LogP contribution >= 0.6 is 11.6 Å². The Morgan fingerprint density at radius 3 is 2.69 bits per heavy atom. The lowest BCUT2D eigenvalue weighted by Crippen LogP contribution is -1.95. The van der Waals surface area contributed by atoms with Gasteiger partial charge in [-0.1, -0.05) is 11.6 Å². The summed E-state index contributed by atoms with van der Waals surface area (Å²) in [5, 5.41) is 1.27. The highest BCUT2D eigenvalue weighted by Crippen LogP contribution is 2.36. The number of benzene rings is 1. The smallest absolute Gasteiger partial charge is 0.162 e. The van der Waals surface area contributed by atoms with Crippen LogP contribution in [0.4, 0.5) is 0 Å². The van der Waals surface area contributed by atoms with Gasteiger partial charge in [-0.15, -0.1) is 0 Å². The van der Waals surface area contributed by atoms with Crippen LogP contribution in [0.2, 0.25) is 5.02 Å². The van der Waals surface area contributed by atoms with E-state index in [1.165, 1.54) is 6.92 Å². The number of H-pyrrole nitrogens is 1. The molecule has 1 heterocycles. The molecule has 0 saturated heterocycles. The average molecular weight is 238 g/mol. The summed E-state index contributed by atoms with van der Waals surface area (Å²) >= 11 is 6.04. The quantitative estimate of drug-likeness (QED) is 0.814. The maximum absolute atomic E-state index is 11.6. The molecule has 84 valence electrons. The minimum atomic E-state index is 0.00400. The first-order valence-electron chi connectivity index (χ1n) is 4.92. The van der Waals surface area contributed by atoms with E-state index < -0.39 is 0 Å². The number of Topliss-reactive ketones (excluding diaryl/α,β-unsaturated/α-hetero) is 1. The molecule has 0 bridgehead atoms. The Bertz CT molecular complexity index is 572. The zero-order valence-electron chi connectivity index (χ0n) is 9.35. The summed E-state index contributed by atoms with van der Waals surface area (Å²) in [4.78, 5) is 14.8. The lowest BCUT2D eigenvalue weighted by molar-refractivity contribution is 0.101. The molecule has 3 nitrogen and oxygen atoms in total. The maximum atomic E-state index is 11.6. The van der Waals surface area contributed by atoms with E-state index in [2.05, 4.69) is 4.98 Å². The maximum Gasteiger partial charge on any atom is 0.162 e. The number of methoxy groups -OCH3 is 1. The number of rotatable bonds is 2. The largest absolute Gasteiger partial charge is 0.494 e. The van der Waals surface area contributed by atoms with Crippen molar-refractivity contribution in [2.24, 2.45) is 0 Å². The first-order valence-corrected chi connectivity index (χ1v) is 5.29. The van der Waals surface area contributed by atoms with Crippen LogP contribution in [0.25, 0.3) is 10.9 Å². The van der Waals surface area contributed by atoms with Gasteiger partial charge in [0.05, 0.1) is 23.0 Å². The number of aromatic amines is 1. The molecule has 1 N–H and O–H groups in total. The molecule has 0 atom stereocenters. The molecule has 0 amide bonds. The van der Waals surface area contributed by atoms with Crippen molar-refractivity contribution in [3.05, 3.63) is 28.4 Å². The second-order valence-corrected chi connectivity index (χ2v) is 4.09. The van der Waals surface area contributed by atoms with Gasteiger partial charge in [0.25, 0.3) is 0 Å². The van der Waals surface area contributed by atoms with Gasteiger partial charge >= 0.3 is 0 Å².